The number of amides is 1. The van der Waals surface area contributed by atoms with Gasteiger partial charge in [-0.05, 0) is 42.2 Å². The predicted octanol–water partition coefficient (Wildman–Crippen LogP) is 2.61. The molecule has 0 spiro atoms. The molecule has 0 aromatic carbocycles. The van der Waals surface area contributed by atoms with E-state index < -0.39 is 6.04 Å². The van der Waals surface area contributed by atoms with Crippen molar-refractivity contribution in [3.63, 3.8) is 0 Å². The minimum atomic E-state index is -0.459. The number of cyclic esters (lactones) is 1. The van der Waals surface area contributed by atoms with Gasteiger partial charge in [-0.15, -0.1) is 11.3 Å². The molecule has 1 N–H and O–H groups in total. The first-order valence-corrected chi connectivity index (χ1v) is 12.8. The van der Waals surface area contributed by atoms with E-state index in [9.17, 15) is 9.59 Å². The number of hydrogen-bond acceptors (Lipinski definition) is 10. The van der Waals surface area contributed by atoms with Gasteiger partial charge in [-0.1, -0.05) is 0 Å². The zero-order valence-corrected chi connectivity index (χ0v) is 19.6. The molecule has 0 radical (unpaired) electrons. The van der Waals surface area contributed by atoms with Crippen LogP contribution in [0.3, 0.4) is 0 Å². The third kappa shape index (κ3) is 3.61. The average Bonchev–Trinajstić information content (AvgIpc) is 3.29. The number of nitrogens with one attached hydrogen (secondary N) is 1. The standard InChI is InChI=1S/C24H23N7O3S/c32-22(19-9-25-4-5-26-19)30-10-16-8-15(30)11-31(16)24-28-17-3-6-35-20(17)21(29-24)27-18-7-14(13-1-2-13)12-34-23(18)33/h3-6,9,12-13,15-16,18H,1-2,7-8,10-11H2,(H,27,28,29)/t15-,16-,18?/m0/s1. The molecule has 178 valence electrons. The molecule has 3 fully saturated rings. The summed E-state index contributed by atoms with van der Waals surface area (Å²) in [6, 6.07) is 1.73. The van der Waals surface area contributed by atoms with Crippen molar-refractivity contribution in [2.24, 2.45) is 5.92 Å². The lowest BCUT2D eigenvalue weighted by molar-refractivity contribution is -0.140. The van der Waals surface area contributed by atoms with Crippen molar-refractivity contribution in [3.8, 4) is 0 Å². The van der Waals surface area contributed by atoms with Crippen molar-refractivity contribution in [2.45, 2.75) is 43.8 Å². The third-order valence-electron chi connectivity index (χ3n) is 7.30. The van der Waals surface area contributed by atoms with Crippen LogP contribution >= 0.6 is 11.3 Å². The molecule has 35 heavy (non-hydrogen) atoms. The Morgan fingerprint density at radius 1 is 1.17 bits per heavy atom. The summed E-state index contributed by atoms with van der Waals surface area (Å²) in [7, 11) is 0. The molecular weight excluding hydrogens is 466 g/mol. The highest BCUT2D eigenvalue weighted by molar-refractivity contribution is 7.17. The van der Waals surface area contributed by atoms with Gasteiger partial charge in [0.25, 0.3) is 5.91 Å². The molecule has 1 unspecified atom stereocenters. The molecule has 2 bridgehead atoms. The van der Waals surface area contributed by atoms with Gasteiger partial charge in [-0.3, -0.25) is 9.78 Å². The molecule has 4 aliphatic rings. The Balaban J connectivity index is 1.13. The first-order valence-electron chi connectivity index (χ1n) is 11.9. The minimum absolute atomic E-state index is 0.0762. The van der Waals surface area contributed by atoms with Crippen molar-refractivity contribution in [3.05, 3.63) is 47.6 Å². The van der Waals surface area contributed by atoms with Crippen LogP contribution in [0.1, 0.15) is 36.2 Å². The van der Waals surface area contributed by atoms with Crippen molar-refractivity contribution >= 4 is 45.2 Å². The summed E-state index contributed by atoms with van der Waals surface area (Å²) in [6.07, 6.45) is 10.1. The molecule has 1 aliphatic carbocycles. The number of hydrogen-bond donors (Lipinski definition) is 1. The number of piperazine rings is 1. The van der Waals surface area contributed by atoms with Gasteiger partial charge in [-0.25, -0.2) is 14.8 Å². The number of aromatic nitrogens is 4. The molecule has 3 aromatic rings. The van der Waals surface area contributed by atoms with E-state index in [0.717, 1.165) is 29.5 Å². The van der Waals surface area contributed by atoms with Gasteiger partial charge in [0, 0.05) is 31.9 Å². The molecule has 3 atom stereocenters. The molecule has 10 nitrogen and oxygen atoms in total. The lowest BCUT2D eigenvalue weighted by atomic mass is 10.0. The zero-order chi connectivity index (χ0) is 23.5. The topological polar surface area (TPSA) is 113 Å². The Morgan fingerprint density at radius 3 is 2.86 bits per heavy atom. The van der Waals surface area contributed by atoms with E-state index in [0.29, 0.717) is 42.9 Å². The van der Waals surface area contributed by atoms with Crippen LogP contribution in [0, 0.1) is 5.92 Å². The van der Waals surface area contributed by atoms with Gasteiger partial charge in [0.15, 0.2) is 0 Å². The fourth-order valence-corrected chi connectivity index (χ4v) is 6.15. The smallest absolute Gasteiger partial charge is 0.333 e. The van der Waals surface area contributed by atoms with E-state index in [2.05, 4.69) is 20.2 Å². The van der Waals surface area contributed by atoms with Crippen LogP contribution in [0.2, 0.25) is 0 Å². The number of thiophene rings is 1. The Hall–Kier alpha value is -3.60. The largest absolute Gasteiger partial charge is 0.433 e. The number of esters is 1. The fraction of sp³-hybridized carbons (Fsp3) is 0.417. The van der Waals surface area contributed by atoms with Crippen molar-refractivity contribution in [1.29, 1.82) is 0 Å². The van der Waals surface area contributed by atoms with Crippen LogP contribution in [-0.2, 0) is 9.53 Å². The van der Waals surface area contributed by atoms with Gasteiger partial charge < -0.3 is 19.9 Å². The van der Waals surface area contributed by atoms with Gasteiger partial charge in [0.1, 0.15) is 17.6 Å². The van der Waals surface area contributed by atoms with E-state index in [1.807, 2.05) is 16.3 Å². The Bertz CT molecular complexity index is 1360. The minimum Gasteiger partial charge on any atom is -0.433 e. The van der Waals surface area contributed by atoms with Gasteiger partial charge >= 0.3 is 5.97 Å². The molecule has 6 heterocycles. The summed E-state index contributed by atoms with van der Waals surface area (Å²) < 4.78 is 6.27. The third-order valence-corrected chi connectivity index (χ3v) is 8.21. The summed E-state index contributed by atoms with van der Waals surface area (Å²) in [5.41, 5.74) is 2.41. The highest BCUT2D eigenvalue weighted by atomic mass is 32.1. The Morgan fingerprint density at radius 2 is 2.09 bits per heavy atom. The number of ether oxygens (including phenoxy) is 1. The van der Waals surface area contributed by atoms with Crippen LogP contribution in [0.4, 0.5) is 11.8 Å². The number of carbonyl (C=O) groups is 2. The summed E-state index contributed by atoms with van der Waals surface area (Å²) in [4.78, 5) is 47.4. The van der Waals surface area contributed by atoms with E-state index in [4.69, 9.17) is 14.7 Å². The number of nitrogens with zero attached hydrogens (tertiary/aromatic N) is 6. The number of anilines is 2. The van der Waals surface area contributed by atoms with Gasteiger partial charge in [-0.2, -0.15) is 4.98 Å². The quantitative estimate of drug-likeness (QED) is 0.540. The maximum Gasteiger partial charge on any atom is 0.333 e. The van der Waals surface area contributed by atoms with Gasteiger partial charge in [0.2, 0.25) is 5.95 Å². The summed E-state index contributed by atoms with van der Waals surface area (Å²) >= 11 is 1.55. The second-order valence-electron chi connectivity index (χ2n) is 9.56. The highest BCUT2D eigenvalue weighted by Gasteiger charge is 2.47. The summed E-state index contributed by atoms with van der Waals surface area (Å²) in [6.45, 7) is 1.25. The molecule has 3 aromatic heterocycles. The zero-order valence-electron chi connectivity index (χ0n) is 18.8. The monoisotopic (exact) mass is 489 g/mol. The van der Waals surface area contributed by atoms with Crippen LogP contribution in [0.25, 0.3) is 10.2 Å². The molecule has 1 amide bonds. The second-order valence-corrected chi connectivity index (χ2v) is 10.5. The number of rotatable bonds is 5. The maximum atomic E-state index is 12.9. The Labute approximate surface area is 205 Å². The lowest BCUT2D eigenvalue weighted by Crippen LogP contribution is -2.49. The van der Waals surface area contributed by atoms with Crippen LogP contribution in [-0.4, -0.2) is 67.9 Å². The fourth-order valence-electron chi connectivity index (χ4n) is 5.37. The second kappa shape index (κ2) is 7.98. The predicted molar refractivity (Wildman–Crippen MR) is 129 cm³/mol. The molecule has 1 saturated carbocycles. The summed E-state index contributed by atoms with van der Waals surface area (Å²) in [5, 5.41) is 5.35. The molecule has 3 aliphatic heterocycles. The van der Waals surface area contributed by atoms with E-state index in [1.54, 1.807) is 23.8 Å². The van der Waals surface area contributed by atoms with Crippen molar-refractivity contribution in [1.82, 2.24) is 24.8 Å². The van der Waals surface area contributed by atoms with E-state index in [1.165, 1.54) is 18.0 Å². The number of likely N-dealkylation sites (tertiary alicyclic amines) is 1. The van der Waals surface area contributed by atoms with Crippen LogP contribution in [0.5, 0.6) is 0 Å². The summed E-state index contributed by atoms with van der Waals surface area (Å²) in [5.74, 6) is 1.46. The highest BCUT2D eigenvalue weighted by Crippen LogP contribution is 2.41. The molecule has 11 heteroatoms. The number of carbonyl (C=O) groups excluding carboxylic acids is 2. The first kappa shape index (κ1) is 20.7. The number of fused-ring (bicyclic) bond motifs is 3. The first-order chi connectivity index (χ1) is 17.1. The van der Waals surface area contributed by atoms with Crippen LogP contribution in [0.15, 0.2) is 41.9 Å². The van der Waals surface area contributed by atoms with Crippen LogP contribution < -0.4 is 10.2 Å². The lowest BCUT2D eigenvalue weighted by Gasteiger charge is -2.34. The Kier molecular flexibility index (Phi) is 4.73. The van der Waals surface area contributed by atoms with E-state index >= 15 is 0 Å². The molecular formula is C24H23N7O3S. The maximum absolute atomic E-state index is 12.9. The molecule has 2 saturated heterocycles. The molecule has 7 rings (SSSR count). The van der Waals surface area contributed by atoms with Crippen molar-refractivity contribution < 1.29 is 14.3 Å². The average molecular weight is 490 g/mol. The normalized spacial score (nSPS) is 25.7. The SMILES string of the molecule is O=C1OC=C(C2CC2)CC1Nc1nc(N2C[C@@H]3C[C@H]2CN3C(=O)c2cnccn2)nc2ccsc12. The van der Waals surface area contributed by atoms with Crippen molar-refractivity contribution in [2.75, 3.05) is 23.3 Å². The van der Waals surface area contributed by atoms with E-state index in [-0.39, 0.29) is 24.0 Å². The van der Waals surface area contributed by atoms with Gasteiger partial charge in [0.05, 0.1) is 34.8 Å².